The number of amides is 1. The quantitative estimate of drug-likeness (QED) is 0.236. The Labute approximate surface area is 205 Å². The molecule has 1 fully saturated rings. The van der Waals surface area contributed by atoms with E-state index in [0.29, 0.717) is 29.8 Å². The number of carbonyl (C=O) groups is 3. The standard InChI is InChI=1S/C27H32N2O6/c1-5-28(6-2)15-8-16-29-23(18-11-13-19(14-12-18)27(33)35-4)22(25(31)26(29)32)24(30)20-9-7-10-21(17-20)34-3/h7,9-14,17,23,30H,5-6,8,15-16H2,1-4H3. The second kappa shape index (κ2) is 11.7. The van der Waals surface area contributed by atoms with E-state index in [1.165, 1.54) is 24.0 Å². The normalized spacial score (nSPS) is 17.2. The van der Waals surface area contributed by atoms with Crippen molar-refractivity contribution in [3.05, 3.63) is 70.8 Å². The van der Waals surface area contributed by atoms with Crippen molar-refractivity contribution in [2.24, 2.45) is 0 Å². The van der Waals surface area contributed by atoms with Gasteiger partial charge in [0.2, 0.25) is 5.78 Å². The molecule has 8 heteroatoms. The van der Waals surface area contributed by atoms with E-state index >= 15 is 0 Å². The predicted molar refractivity (Wildman–Crippen MR) is 129 cm³/mol. The van der Waals surface area contributed by atoms with E-state index in [-0.39, 0.29) is 11.1 Å². The molecule has 186 valence electrons. The highest BCUT2D eigenvalue weighted by Gasteiger charge is 2.44. The van der Waals surface area contributed by atoms with Crippen LogP contribution in [0.2, 0.25) is 0 Å². The number of carbonyl (C=O) groups excluding carboxylic acids is 3. The summed E-state index contributed by atoms with van der Waals surface area (Å²) in [6.45, 7) is 7.33. The van der Waals surface area contributed by atoms with Crippen molar-refractivity contribution in [3.8, 4) is 5.75 Å². The fourth-order valence-electron chi connectivity index (χ4n) is 4.39. The number of quaternary nitrogens is 1. The summed E-state index contributed by atoms with van der Waals surface area (Å²) in [6.07, 6.45) is 0.688. The number of likely N-dealkylation sites (tertiary alicyclic amines) is 1. The van der Waals surface area contributed by atoms with Crippen molar-refractivity contribution < 1.29 is 33.9 Å². The molecule has 1 atom stereocenters. The first-order chi connectivity index (χ1) is 16.9. The fourth-order valence-corrected chi connectivity index (χ4v) is 4.39. The number of esters is 1. The summed E-state index contributed by atoms with van der Waals surface area (Å²) in [7, 11) is 2.79. The lowest BCUT2D eigenvalue weighted by molar-refractivity contribution is -0.896. The van der Waals surface area contributed by atoms with E-state index in [1.54, 1.807) is 48.5 Å². The predicted octanol–water partition coefficient (Wildman–Crippen LogP) is 1.02. The van der Waals surface area contributed by atoms with E-state index in [2.05, 4.69) is 13.8 Å². The number of rotatable bonds is 10. The maximum absolute atomic E-state index is 13.5. The summed E-state index contributed by atoms with van der Waals surface area (Å²) in [5.41, 5.74) is 1.10. The molecule has 35 heavy (non-hydrogen) atoms. The lowest BCUT2D eigenvalue weighted by Gasteiger charge is -2.28. The second-order valence-electron chi connectivity index (χ2n) is 8.38. The molecular weight excluding hydrogens is 448 g/mol. The third kappa shape index (κ3) is 5.54. The molecule has 1 saturated heterocycles. The molecule has 3 rings (SSSR count). The smallest absolute Gasteiger partial charge is 0.337 e. The van der Waals surface area contributed by atoms with Crippen LogP contribution in [0.25, 0.3) is 5.76 Å². The maximum atomic E-state index is 13.5. The highest BCUT2D eigenvalue weighted by molar-refractivity contribution is 6.46. The largest absolute Gasteiger partial charge is 0.872 e. The average molecular weight is 481 g/mol. The van der Waals surface area contributed by atoms with Crippen LogP contribution in [0, 0.1) is 0 Å². The summed E-state index contributed by atoms with van der Waals surface area (Å²) < 4.78 is 9.98. The van der Waals surface area contributed by atoms with Crippen molar-refractivity contribution in [1.82, 2.24) is 4.90 Å². The summed E-state index contributed by atoms with van der Waals surface area (Å²) in [5, 5.41) is 13.5. The van der Waals surface area contributed by atoms with Gasteiger partial charge in [-0.2, -0.15) is 0 Å². The number of Topliss-reactive ketones (excluding diaryl/α,β-unsaturated/α-hetero) is 1. The van der Waals surface area contributed by atoms with Crippen LogP contribution in [-0.2, 0) is 14.3 Å². The molecule has 2 aromatic rings. The van der Waals surface area contributed by atoms with Crippen LogP contribution in [-0.4, -0.2) is 63.0 Å². The van der Waals surface area contributed by atoms with Gasteiger partial charge in [-0.25, -0.2) is 4.79 Å². The Balaban J connectivity index is 2.05. The molecule has 0 aliphatic carbocycles. The molecule has 0 radical (unpaired) electrons. The van der Waals surface area contributed by atoms with Crippen molar-refractivity contribution in [2.45, 2.75) is 26.3 Å². The average Bonchev–Trinajstić information content (AvgIpc) is 3.15. The van der Waals surface area contributed by atoms with Gasteiger partial charge in [0.15, 0.2) is 0 Å². The van der Waals surface area contributed by atoms with E-state index in [0.717, 1.165) is 19.6 Å². The van der Waals surface area contributed by atoms with Crippen molar-refractivity contribution in [1.29, 1.82) is 0 Å². The molecule has 0 spiro atoms. The van der Waals surface area contributed by atoms with Crippen LogP contribution in [0.3, 0.4) is 0 Å². The fraction of sp³-hybridized carbons (Fsp3) is 0.370. The monoisotopic (exact) mass is 480 g/mol. The number of hydrogen-bond acceptors (Lipinski definition) is 6. The van der Waals surface area contributed by atoms with Gasteiger partial charge in [-0.1, -0.05) is 30.0 Å². The minimum absolute atomic E-state index is 0.0933. The summed E-state index contributed by atoms with van der Waals surface area (Å²) in [4.78, 5) is 41.0. The number of hydrogen-bond donors (Lipinski definition) is 1. The molecule has 0 saturated carbocycles. The molecule has 1 aliphatic heterocycles. The topological polar surface area (TPSA) is 100 Å². The molecule has 1 N–H and O–H groups in total. The Morgan fingerprint density at radius 1 is 1.03 bits per heavy atom. The highest BCUT2D eigenvalue weighted by Crippen LogP contribution is 2.39. The highest BCUT2D eigenvalue weighted by atomic mass is 16.5. The van der Waals surface area contributed by atoms with Gasteiger partial charge in [0, 0.05) is 18.5 Å². The zero-order valence-corrected chi connectivity index (χ0v) is 20.6. The van der Waals surface area contributed by atoms with Crippen molar-refractivity contribution in [3.63, 3.8) is 0 Å². The molecule has 1 aliphatic rings. The first-order valence-electron chi connectivity index (χ1n) is 11.8. The van der Waals surface area contributed by atoms with Gasteiger partial charge >= 0.3 is 5.97 Å². The van der Waals surface area contributed by atoms with E-state index in [1.807, 2.05) is 0 Å². The van der Waals surface area contributed by atoms with Gasteiger partial charge in [-0.15, -0.1) is 0 Å². The third-order valence-corrected chi connectivity index (χ3v) is 6.44. The summed E-state index contributed by atoms with van der Waals surface area (Å²) >= 11 is 0. The Morgan fingerprint density at radius 2 is 1.71 bits per heavy atom. The Morgan fingerprint density at radius 3 is 2.31 bits per heavy atom. The molecular formula is C27H32N2O6. The Hall–Kier alpha value is -3.65. The van der Waals surface area contributed by atoms with Crippen LogP contribution in [0.4, 0.5) is 0 Å². The van der Waals surface area contributed by atoms with Crippen LogP contribution in [0.5, 0.6) is 5.75 Å². The number of ether oxygens (including phenoxy) is 2. The Bertz CT molecular complexity index is 1100. The van der Waals surface area contributed by atoms with Gasteiger partial charge in [0.1, 0.15) is 5.75 Å². The van der Waals surface area contributed by atoms with Crippen LogP contribution in [0.15, 0.2) is 54.1 Å². The second-order valence-corrected chi connectivity index (χ2v) is 8.38. The number of nitrogens with one attached hydrogen (secondary N) is 1. The van der Waals surface area contributed by atoms with E-state index < -0.39 is 29.5 Å². The van der Waals surface area contributed by atoms with Gasteiger partial charge < -0.3 is 24.4 Å². The van der Waals surface area contributed by atoms with E-state index in [9.17, 15) is 19.5 Å². The zero-order valence-electron chi connectivity index (χ0n) is 20.6. The molecule has 2 aromatic carbocycles. The maximum Gasteiger partial charge on any atom is 0.337 e. The number of nitrogens with zero attached hydrogens (tertiary/aromatic N) is 1. The Kier molecular flexibility index (Phi) is 8.65. The minimum atomic E-state index is -0.841. The molecule has 1 amide bonds. The molecule has 0 bridgehead atoms. The third-order valence-electron chi connectivity index (χ3n) is 6.44. The summed E-state index contributed by atoms with van der Waals surface area (Å²) in [6, 6.07) is 12.1. The number of benzene rings is 2. The van der Waals surface area contributed by atoms with Gasteiger partial charge in [-0.05, 0) is 49.2 Å². The zero-order chi connectivity index (χ0) is 25.5. The first kappa shape index (κ1) is 26.0. The van der Waals surface area contributed by atoms with Crippen LogP contribution >= 0.6 is 0 Å². The first-order valence-corrected chi connectivity index (χ1v) is 11.8. The molecule has 1 unspecified atom stereocenters. The molecule has 1 heterocycles. The number of methoxy groups -OCH3 is 2. The van der Waals surface area contributed by atoms with Crippen LogP contribution < -0.4 is 14.7 Å². The lowest BCUT2D eigenvalue weighted by Crippen LogP contribution is -3.11. The molecule has 8 nitrogen and oxygen atoms in total. The SMILES string of the molecule is CC[NH+](CC)CCCN1C(=O)C(=O)C(=C([O-])c2cccc(OC)c2)C1c1ccc(C(=O)OC)cc1. The van der Waals surface area contributed by atoms with Gasteiger partial charge in [-0.3, -0.25) is 9.59 Å². The van der Waals surface area contributed by atoms with E-state index in [4.69, 9.17) is 9.47 Å². The lowest BCUT2D eigenvalue weighted by atomic mass is 9.94. The van der Waals surface area contributed by atoms with Gasteiger partial charge in [0.05, 0.1) is 45.5 Å². The number of ketones is 1. The molecule has 0 aromatic heterocycles. The minimum Gasteiger partial charge on any atom is -0.872 e. The van der Waals surface area contributed by atoms with Gasteiger partial charge in [0.25, 0.3) is 5.91 Å². The van der Waals surface area contributed by atoms with Crippen molar-refractivity contribution in [2.75, 3.05) is 40.4 Å². The van der Waals surface area contributed by atoms with Crippen LogP contribution in [0.1, 0.15) is 47.8 Å². The van der Waals surface area contributed by atoms with Crippen molar-refractivity contribution >= 4 is 23.4 Å². The summed E-state index contributed by atoms with van der Waals surface area (Å²) in [5.74, 6) is -2.01.